The van der Waals surface area contributed by atoms with Crippen molar-refractivity contribution in [2.75, 3.05) is 0 Å². The summed E-state index contributed by atoms with van der Waals surface area (Å²) in [4.78, 5) is 13.1. The molecular weight excluding hydrogens is 120 g/mol. The van der Waals surface area contributed by atoms with Crippen molar-refractivity contribution >= 4 is 5.91 Å². The van der Waals surface area contributed by atoms with Crippen molar-refractivity contribution in [1.82, 2.24) is 10.5 Å². The highest BCUT2D eigenvalue weighted by Gasteiger charge is 2.00. The van der Waals surface area contributed by atoms with E-state index in [-0.39, 0.29) is 0 Å². The average molecular weight is 126 g/mol. The minimum atomic E-state index is -0.528. The molecule has 48 valence electrons. The van der Waals surface area contributed by atoms with Gasteiger partial charge in [0.2, 0.25) is 0 Å². The number of carbonyl (C=O) groups excluding carboxylic acids is 1. The zero-order valence-corrected chi connectivity index (χ0v) is 4.59. The molecule has 1 rings (SSSR count). The van der Waals surface area contributed by atoms with Gasteiger partial charge in [0.15, 0.2) is 0 Å². The van der Waals surface area contributed by atoms with Crippen molar-refractivity contribution in [2.45, 2.75) is 0 Å². The molecule has 0 radical (unpaired) electrons. The van der Waals surface area contributed by atoms with Crippen LogP contribution in [0.25, 0.3) is 0 Å². The number of nitrogens with one attached hydrogen (secondary N) is 2. The van der Waals surface area contributed by atoms with Crippen LogP contribution >= 0.6 is 0 Å². The number of aromatic nitrogens is 1. The van der Waals surface area contributed by atoms with Crippen LogP contribution < -0.4 is 5.48 Å². The summed E-state index contributed by atoms with van der Waals surface area (Å²) in [5, 5.41) is 8.09. The summed E-state index contributed by atoms with van der Waals surface area (Å²) in [5.74, 6) is -0.528. The van der Waals surface area contributed by atoms with Gasteiger partial charge in [-0.25, -0.2) is 5.48 Å². The molecule has 0 fully saturated rings. The van der Waals surface area contributed by atoms with Gasteiger partial charge < -0.3 is 4.98 Å². The van der Waals surface area contributed by atoms with Gasteiger partial charge in [0.25, 0.3) is 5.91 Å². The first kappa shape index (κ1) is 5.84. The highest BCUT2D eigenvalue weighted by molar-refractivity contribution is 5.91. The van der Waals surface area contributed by atoms with Crippen molar-refractivity contribution in [3.05, 3.63) is 24.0 Å². The zero-order chi connectivity index (χ0) is 6.69. The van der Waals surface area contributed by atoms with E-state index >= 15 is 0 Å². The van der Waals surface area contributed by atoms with Gasteiger partial charge in [0, 0.05) is 6.20 Å². The molecule has 1 aromatic rings. The molecule has 0 bridgehead atoms. The number of aromatic amines is 1. The minimum Gasteiger partial charge on any atom is -0.357 e. The fourth-order valence-electron chi connectivity index (χ4n) is 0.532. The Kier molecular flexibility index (Phi) is 1.51. The second-order valence-corrected chi connectivity index (χ2v) is 1.52. The van der Waals surface area contributed by atoms with Crippen molar-refractivity contribution in [1.29, 1.82) is 0 Å². The highest BCUT2D eigenvalue weighted by Crippen LogP contribution is 1.91. The van der Waals surface area contributed by atoms with Crippen LogP contribution in [-0.4, -0.2) is 16.1 Å². The molecular formula is C5H6N2O2. The predicted molar refractivity (Wildman–Crippen MR) is 30.0 cm³/mol. The molecule has 0 unspecified atom stereocenters. The van der Waals surface area contributed by atoms with Gasteiger partial charge in [0.05, 0.1) is 0 Å². The third-order valence-electron chi connectivity index (χ3n) is 0.944. The lowest BCUT2D eigenvalue weighted by Crippen LogP contribution is -2.18. The largest absolute Gasteiger partial charge is 0.357 e. The van der Waals surface area contributed by atoms with Crippen LogP contribution in [0.4, 0.5) is 0 Å². The summed E-state index contributed by atoms with van der Waals surface area (Å²) < 4.78 is 0. The average Bonchev–Trinajstić information content (AvgIpc) is 2.37. The lowest BCUT2D eigenvalue weighted by Gasteiger charge is -1.90. The number of carbonyl (C=O) groups is 1. The molecule has 3 N–H and O–H groups in total. The van der Waals surface area contributed by atoms with Gasteiger partial charge >= 0.3 is 0 Å². The van der Waals surface area contributed by atoms with Crippen LogP contribution in [0.3, 0.4) is 0 Å². The Morgan fingerprint density at radius 2 is 2.56 bits per heavy atom. The Morgan fingerprint density at radius 3 is 3.00 bits per heavy atom. The van der Waals surface area contributed by atoms with Crippen LogP contribution in [0.1, 0.15) is 10.5 Å². The number of amides is 1. The summed E-state index contributed by atoms with van der Waals surface area (Å²) in [6.45, 7) is 0. The third-order valence-corrected chi connectivity index (χ3v) is 0.944. The Bertz CT molecular complexity index is 193. The Hall–Kier alpha value is -1.29. The molecule has 1 aromatic heterocycles. The molecule has 1 heterocycles. The van der Waals surface area contributed by atoms with Crippen molar-refractivity contribution in [2.24, 2.45) is 0 Å². The topological polar surface area (TPSA) is 65.1 Å². The molecule has 0 saturated heterocycles. The molecule has 0 spiro atoms. The van der Waals surface area contributed by atoms with E-state index in [2.05, 4.69) is 4.98 Å². The van der Waals surface area contributed by atoms with Crippen molar-refractivity contribution in [3.8, 4) is 0 Å². The fourth-order valence-corrected chi connectivity index (χ4v) is 0.532. The normalized spacial score (nSPS) is 9.00. The lowest BCUT2D eigenvalue weighted by atomic mass is 10.4. The number of hydroxylamine groups is 1. The van der Waals surface area contributed by atoms with Gasteiger partial charge in [-0.2, -0.15) is 0 Å². The van der Waals surface area contributed by atoms with Crippen LogP contribution in [0.2, 0.25) is 0 Å². The first-order valence-corrected chi connectivity index (χ1v) is 2.42. The van der Waals surface area contributed by atoms with Crippen molar-refractivity contribution in [3.63, 3.8) is 0 Å². The van der Waals surface area contributed by atoms with E-state index < -0.39 is 5.91 Å². The van der Waals surface area contributed by atoms with Crippen LogP contribution in [0.15, 0.2) is 18.3 Å². The highest BCUT2D eigenvalue weighted by atomic mass is 16.5. The summed E-state index contributed by atoms with van der Waals surface area (Å²) in [5.41, 5.74) is 1.84. The van der Waals surface area contributed by atoms with E-state index in [4.69, 9.17) is 5.21 Å². The van der Waals surface area contributed by atoms with Gasteiger partial charge in [-0.05, 0) is 12.1 Å². The van der Waals surface area contributed by atoms with Gasteiger partial charge in [-0.1, -0.05) is 0 Å². The Labute approximate surface area is 51.5 Å². The molecule has 0 saturated carbocycles. The SMILES string of the molecule is O=C(NO)c1ccc[nH]1. The number of hydrogen-bond acceptors (Lipinski definition) is 2. The lowest BCUT2D eigenvalue weighted by molar-refractivity contribution is 0.0701. The maximum atomic E-state index is 10.5. The third kappa shape index (κ3) is 1.09. The van der Waals surface area contributed by atoms with Gasteiger partial charge in [-0.15, -0.1) is 0 Å². The minimum absolute atomic E-state index is 0.345. The second kappa shape index (κ2) is 2.32. The molecule has 9 heavy (non-hydrogen) atoms. The van der Waals surface area contributed by atoms with Crippen LogP contribution in [-0.2, 0) is 0 Å². The molecule has 0 aliphatic rings. The summed E-state index contributed by atoms with van der Waals surface area (Å²) in [7, 11) is 0. The van der Waals surface area contributed by atoms with E-state index in [0.717, 1.165) is 0 Å². The van der Waals surface area contributed by atoms with E-state index in [0.29, 0.717) is 5.69 Å². The molecule has 0 aromatic carbocycles. The zero-order valence-electron chi connectivity index (χ0n) is 4.59. The maximum Gasteiger partial charge on any atom is 0.291 e. The van der Waals surface area contributed by atoms with Gasteiger partial charge in [-0.3, -0.25) is 10.0 Å². The Morgan fingerprint density at radius 1 is 1.78 bits per heavy atom. The first-order chi connectivity index (χ1) is 4.34. The molecule has 1 amide bonds. The van der Waals surface area contributed by atoms with Crippen LogP contribution in [0.5, 0.6) is 0 Å². The van der Waals surface area contributed by atoms with E-state index in [1.807, 2.05) is 0 Å². The molecule has 0 aliphatic carbocycles. The second-order valence-electron chi connectivity index (χ2n) is 1.52. The standard InChI is InChI=1S/C5H6N2O2/c8-5(7-9)4-2-1-3-6-4/h1-3,6,9H,(H,7,8). The number of H-pyrrole nitrogens is 1. The fraction of sp³-hybridized carbons (Fsp3) is 0. The van der Waals surface area contributed by atoms with Gasteiger partial charge in [0.1, 0.15) is 5.69 Å². The quantitative estimate of drug-likeness (QED) is 0.370. The summed E-state index contributed by atoms with van der Waals surface area (Å²) in [6, 6.07) is 3.23. The van der Waals surface area contributed by atoms with E-state index in [1.54, 1.807) is 18.3 Å². The van der Waals surface area contributed by atoms with E-state index in [1.165, 1.54) is 5.48 Å². The smallest absolute Gasteiger partial charge is 0.291 e. The molecule has 4 nitrogen and oxygen atoms in total. The molecule has 4 heteroatoms. The van der Waals surface area contributed by atoms with Crippen molar-refractivity contribution < 1.29 is 10.0 Å². The monoisotopic (exact) mass is 126 g/mol. The van der Waals surface area contributed by atoms with E-state index in [9.17, 15) is 4.79 Å². The summed E-state index contributed by atoms with van der Waals surface area (Å²) >= 11 is 0. The predicted octanol–water partition coefficient (Wildman–Crippen LogP) is 0.134. The first-order valence-electron chi connectivity index (χ1n) is 2.42. The maximum absolute atomic E-state index is 10.5. The Balaban J connectivity index is 2.77. The summed E-state index contributed by atoms with van der Waals surface area (Å²) in [6.07, 6.45) is 1.60. The number of hydrogen-bond donors (Lipinski definition) is 3. The molecule has 0 atom stereocenters. The number of rotatable bonds is 1. The van der Waals surface area contributed by atoms with Crippen LogP contribution in [0, 0.1) is 0 Å². The molecule has 0 aliphatic heterocycles.